The molecule has 0 saturated heterocycles. The lowest BCUT2D eigenvalue weighted by Gasteiger charge is -2.19. The maximum Gasteiger partial charge on any atom is 0.240 e. The largest absolute Gasteiger partial charge is 0.493 e. The highest BCUT2D eigenvalue weighted by Crippen LogP contribution is 2.59. The molecule has 5 rings (SSSR count). The summed E-state index contributed by atoms with van der Waals surface area (Å²) < 4.78 is 46.2. The molecule has 0 aliphatic heterocycles. The van der Waals surface area contributed by atoms with Crippen LogP contribution in [0.25, 0.3) is 10.9 Å². The molecule has 9 nitrogen and oxygen atoms in total. The number of likely N-dealkylation sites (N-methyl/N-ethyl adjacent to an activating group) is 1. The Bertz CT molecular complexity index is 1720. The summed E-state index contributed by atoms with van der Waals surface area (Å²) in [6.45, 7) is 10.9. The van der Waals surface area contributed by atoms with Gasteiger partial charge in [0.05, 0.1) is 12.6 Å². The summed E-state index contributed by atoms with van der Waals surface area (Å²) >= 11 is 0. The van der Waals surface area contributed by atoms with Gasteiger partial charge >= 0.3 is 0 Å². The van der Waals surface area contributed by atoms with E-state index in [0.29, 0.717) is 40.4 Å². The van der Waals surface area contributed by atoms with Crippen LogP contribution in [-0.2, 0) is 9.59 Å². The number of carbonyl (C=O) groups excluding carboxylic acids is 2. The molecule has 11 heteroatoms. The number of fused-ring (bicyclic) bond motifs is 1. The smallest absolute Gasteiger partial charge is 0.240 e. The van der Waals surface area contributed by atoms with Gasteiger partial charge in [-0.1, -0.05) is 27.7 Å². The fourth-order valence-electron chi connectivity index (χ4n) is 5.80. The van der Waals surface area contributed by atoms with Crippen molar-refractivity contribution < 1.29 is 32.6 Å². The molecule has 0 spiro atoms. The molecule has 0 radical (unpaired) electrons. The lowest BCUT2D eigenvalue weighted by Crippen LogP contribution is -2.38. The van der Waals surface area contributed by atoms with Gasteiger partial charge in [0.2, 0.25) is 11.8 Å². The number of pyridine rings is 1. The van der Waals surface area contributed by atoms with Gasteiger partial charge in [-0.15, -0.1) is 0 Å². The van der Waals surface area contributed by atoms with Crippen LogP contribution < -0.4 is 24.8 Å². The third kappa shape index (κ3) is 6.46. The standard InChI is InChI=1S/C35H38F2N4O5/c1-6-41(7-2)16-17-45-32-20-28-26(19-31(32)44-5)29(14-15-38-28)46-30-13-12-25(18-27(30)37)40-34(43)35(21(3)22(35)4)33(42)39-24-10-8-23(36)9-11-24/h8-15,18-22H,6-7,16-17H2,1-5H3,(H,39,42)(H,40,43)/t21-,22-/m1/s1. The van der Waals surface area contributed by atoms with E-state index in [1.54, 1.807) is 45.4 Å². The van der Waals surface area contributed by atoms with Gasteiger partial charge < -0.3 is 29.7 Å². The average Bonchev–Trinajstić information content (AvgIpc) is 3.61. The molecule has 3 aromatic carbocycles. The molecule has 2 amide bonds. The number of methoxy groups -OCH3 is 1. The molecule has 1 heterocycles. The number of hydrogen-bond donors (Lipinski definition) is 2. The van der Waals surface area contributed by atoms with Crippen LogP contribution in [0.5, 0.6) is 23.0 Å². The van der Waals surface area contributed by atoms with E-state index in [1.165, 1.54) is 36.4 Å². The zero-order chi connectivity index (χ0) is 33.0. The zero-order valence-electron chi connectivity index (χ0n) is 26.5. The molecule has 4 aromatic rings. The predicted molar refractivity (Wildman–Crippen MR) is 172 cm³/mol. The van der Waals surface area contributed by atoms with Crippen molar-refractivity contribution in [2.45, 2.75) is 27.7 Å². The van der Waals surface area contributed by atoms with Gasteiger partial charge in [-0.05, 0) is 73.5 Å². The van der Waals surface area contributed by atoms with E-state index >= 15 is 4.39 Å². The maximum atomic E-state index is 15.4. The Labute approximate surface area is 266 Å². The van der Waals surface area contributed by atoms with Crippen molar-refractivity contribution >= 4 is 34.1 Å². The highest BCUT2D eigenvalue weighted by molar-refractivity contribution is 6.17. The van der Waals surface area contributed by atoms with Crippen molar-refractivity contribution in [1.29, 1.82) is 0 Å². The number of ether oxygens (including phenoxy) is 3. The average molecular weight is 633 g/mol. The normalized spacial score (nSPS) is 18.7. The Morgan fingerprint density at radius 2 is 1.50 bits per heavy atom. The Hall–Kier alpha value is -4.77. The number of anilines is 2. The number of nitrogens with one attached hydrogen (secondary N) is 2. The maximum absolute atomic E-state index is 15.4. The minimum absolute atomic E-state index is 0.0686. The van der Waals surface area contributed by atoms with Crippen molar-refractivity contribution in [3.8, 4) is 23.0 Å². The van der Waals surface area contributed by atoms with Crippen LogP contribution in [0.3, 0.4) is 0 Å². The number of aromatic nitrogens is 1. The molecule has 1 aromatic heterocycles. The number of amides is 2. The van der Waals surface area contributed by atoms with Crippen LogP contribution in [0.4, 0.5) is 20.2 Å². The van der Waals surface area contributed by atoms with Gasteiger partial charge in [-0.2, -0.15) is 0 Å². The van der Waals surface area contributed by atoms with E-state index in [9.17, 15) is 14.0 Å². The molecular formula is C35H38F2N4O5. The van der Waals surface area contributed by atoms with Gasteiger partial charge in [0.25, 0.3) is 0 Å². The number of nitrogens with zero attached hydrogens (tertiary/aromatic N) is 2. The summed E-state index contributed by atoms with van der Waals surface area (Å²) in [7, 11) is 1.54. The topological polar surface area (TPSA) is 102 Å². The first-order valence-corrected chi connectivity index (χ1v) is 15.3. The Morgan fingerprint density at radius 1 is 0.848 bits per heavy atom. The van der Waals surface area contributed by atoms with Crippen molar-refractivity contribution in [2.24, 2.45) is 17.3 Å². The zero-order valence-corrected chi connectivity index (χ0v) is 26.5. The number of halogens is 2. The second kappa shape index (κ2) is 13.7. The Balaban J connectivity index is 1.30. The van der Waals surface area contributed by atoms with E-state index < -0.39 is 28.9 Å². The molecule has 2 N–H and O–H groups in total. The lowest BCUT2D eigenvalue weighted by molar-refractivity contribution is -0.132. The third-order valence-corrected chi connectivity index (χ3v) is 8.89. The van der Waals surface area contributed by atoms with E-state index in [0.717, 1.165) is 25.7 Å². The molecule has 1 aliphatic carbocycles. The Morgan fingerprint density at radius 3 is 2.11 bits per heavy atom. The van der Waals surface area contributed by atoms with Crippen molar-refractivity contribution in [3.05, 3.63) is 78.5 Å². The second-order valence-corrected chi connectivity index (χ2v) is 11.3. The predicted octanol–water partition coefficient (Wildman–Crippen LogP) is 6.88. The number of hydrogen-bond acceptors (Lipinski definition) is 7. The SMILES string of the molecule is CCN(CC)CCOc1cc2nccc(Oc3ccc(NC(=O)C4(C(=O)Nc5ccc(F)cc5)[C@H](C)[C@H]4C)cc3F)c2cc1OC. The molecule has 0 unspecified atom stereocenters. The molecule has 46 heavy (non-hydrogen) atoms. The number of rotatable bonds is 13. The highest BCUT2D eigenvalue weighted by atomic mass is 19.1. The van der Waals surface area contributed by atoms with Gasteiger partial charge in [0, 0.05) is 41.6 Å². The monoisotopic (exact) mass is 632 g/mol. The van der Waals surface area contributed by atoms with Crippen LogP contribution in [0.1, 0.15) is 27.7 Å². The van der Waals surface area contributed by atoms with E-state index in [1.807, 2.05) is 0 Å². The fourth-order valence-corrected chi connectivity index (χ4v) is 5.80. The molecule has 242 valence electrons. The minimum Gasteiger partial charge on any atom is -0.493 e. The Kier molecular flexibility index (Phi) is 9.71. The number of benzene rings is 3. The van der Waals surface area contributed by atoms with Crippen molar-refractivity contribution in [1.82, 2.24) is 9.88 Å². The number of carbonyl (C=O) groups is 2. The molecular weight excluding hydrogens is 594 g/mol. The molecule has 2 atom stereocenters. The lowest BCUT2D eigenvalue weighted by atomic mass is 9.99. The second-order valence-electron chi connectivity index (χ2n) is 11.3. The minimum atomic E-state index is -1.36. The van der Waals surface area contributed by atoms with Crippen LogP contribution in [0.15, 0.2) is 66.9 Å². The van der Waals surface area contributed by atoms with Gasteiger partial charge in [-0.3, -0.25) is 14.6 Å². The first-order chi connectivity index (χ1) is 22.1. The van der Waals surface area contributed by atoms with Crippen LogP contribution in [-0.4, -0.2) is 55.0 Å². The van der Waals surface area contributed by atoms with Gasteiger partial charge in [0.1, 0.15) is 23.6 Å². The van der Waals surface area contributed by atoms with E-state index in [4.69, 9.17) is 14.2 Å². The summed E-state index contributed by atoms with van der Waals surface area (Å²) in [5, 5.41) is 6.00. The summed E-state index contributed by atoms with van der Waals surface area (Å²) in [5.74, 6) is -1.41. The molecule has 1 fully saturated rings. The first-order valence-electron chi connectivity index (χ1n) is 15.3. The summed E-state index contributed by atoms with van der Waals surface area (Å²) in [6, 6.07) is 14.5. The van der Waals surface area contributed by atoms with Crippen LogP contribution >= 0.6 is 0 Å². The third-order valence-electron chi connectivity index (χ3n) is 8.89. The molecule has 1 aliphatic rings. The first kappa shape index (κ1) is 32.6. The van der Waals surface area contributed by atoms with Gasteiger partial charge in [-0.25, -0.2) is 8.78 Å². The summed E-state index contributed by atoms with van der Waals surface area (Å²) in [6.07, 6.45) is 1.56. The van der Waals surface area contributed by atoms with Crippen molar-refractivity contribution in [3.63, 3.8) is 0 Å². The summed E-state index contributed by atoms with van der Waals surface area (Å²) in [5.41, 5.74) is -0.235. The highest BCUT2D eigenvalue weighted by Gasteiger charge is 2.69. The quantitative estimate of drug-likeness (QED) is 0.155. The fraction of sp³-hybridized carbons (Fsp3) is 0.343. The molecule has 1 saturated carbocycles. The van der Waals surface area contributed by atoms with E-state index in [-0.39, 0.29) is 23.3 Å². The van der Waals surface area contributed by atoms with Crippen LogP contribution in [0.2, 0.25) is 0 Å². The van der Waals surface area contributed by atoms with E-state index in [2.05, 4.69) is 34.4 Å². The van der Waals surface area contributed by atoms with Gasteiger partial charge in [0.15, 0.2) is 23.1 Å². The summed E-state index contributed by atoms with van der Waals surface area (Å²) in [4.78, 5) is 33.4. The molecule has 0 bridgehead atoms. The van der Waals surface area contributed by atoms with Crippen molar-refractivity contribution in [2.75, 3.05) is 44.0 Å². The van der Waals surface area contributed by atoms with Crippen LogP contribution in [0, 0.1) is 28.9 Å².